The van der Waals surface area contributed by atoms with Crippen molar-refractivity contribution in [3.8, 4) is 0 Å². The third-order valence-corrected chi connectivity index (χ3v) is 4.62. The van der Waals surface area contributed by atoms with Crippen LogP contribution in [0.1, 0.15) is 12.8 Å². The van der Waals surface area contributed by atoms with Gasteiger partial charge in [0.05, 0.1) is 10.6 Å². The van der Waals surface area contributed by atoms with Gasteiger partial charge in [-0.15, -0.1) is 0 Å². The molecule has 1 aromatic rings. The minimum atomic E-state index is -3.18. The summed E-state index contributed by atoms with van der Waals surface area (Å²) < 4.78 is 23.5. The summed E-state index contributed by atoms with van der Waals surface area (Å²) in [5.74, 6) is 0.581. The van der Waals surface area contributed by atoms with Crippen molar-refractivity contribution < 1.29 is 8.42 Å². The summed E-state index contributed by atoms with van der Waals surface area (Å²) in [5.41, 5.74) is 6.55. The van der Waals surface area contributed by atoms with E-state index in [1.54, 1.807) is 12.1 Å². The zero-order valence-electron chi connectivity index (χ0n) is 10.8. The average Bonchev–Trinajstić information content (AvgIpc) is 2.26. The molecule has 0 atom stereocenters. The van der Waals surface area contributed by atoms with Crippen LogP contribution < -0.4 is 10.6 Å². The Balaban J connectivity index is 2.17. The van der Waals surface area contributed by atoms with Crippen LogP contribution >= 0.6 is 0 Å². The number of sulfone groups is 1. The molecule has 0 amide bonds. The average molecular weight is 268 g/mol. The van der Waals surface area contributed by atoms with Crippen LogP contribution in [-0.4, -0.2) is 34.3 Å². The third kappa shape index (κ3) is 2.84. The normalized spacial score (nSPS) is 23.5. The molecule has 18 heavy (non-hydrogen) atoms. The lowest BCUT2D eigenvalue weighted by atomic mass is 9.80. The van der Waals surface area contributed by atoms with Crippen molar-refractivity contribution in [2.45, 2.75) is 23.8 Å². The van der Waals surface area contributed by atoms with Gasteiger partial charge in [-0.05, 0) is 30.9 Å². The molecule has 1 aliphatic rings. The van der Waals surface area contributed by atoms with Crippen molar-refractivity contribution in [2.75, 3.05) is 24.7 Å². The topological polar surface area (TPSA) is 63.4 Å². The number of hydrogen-bond acceptors (Lipinski definition) is 4. The largest absolute Gasteiger partial charge is 0.373 e. The highest BCUT2D eigenvalue weighted by Gasteiger charge is 2.27. The highest BCUT2D eigenvalue weighted by molar-refractivity contribution is 7.90. The summed E-state index contributed by atoms with van der Waals surface area (Å²) in [6.07, 6.45) is 3.32. The fraction of sp³-hybridized carbons (Fsp3) is 0.538. The number of benzene rings is 1. The van der Waals surface area contributed by atoms with Crippen LogP contribution in [0, 0.1) is 5.92 Å². The molecule has 1 fully saturated rings. The first-order valence-electron chi connectivity index (χ1n) is 6.13. The van der Waals surface area contributed by atoms with Crippen LogP contribution in [0.3, 0.4) is 0 Å². The van der Waals surface area contributed by atoms with E-state index < -0.39 is 9.84 Å². The molecule has 5 heteroatoms. The van der Waals surface area contributed by atoms with E-state index in [1.165, 1.54) is 6.26 Å². The van der Waals surface area contributed by atoms with Crippen molar-refractivity contribution in [3.05, 3.63) is 24.3 Å². The molecule has 1 aliphatic carbocycles. The van der Waals surface area contributed by atoms with Crippen LogP contribution in [0.15, 0.2) is 29.2 Å². The smallest absolute Gasteiger partial charge is 0.177 e. The second-order valence-corrected chi connectivity index (χ2v) is 7.20. The van der Waals surface area contributed by atoms with E-state index in [0.717, 1.165) is 25.1 Å². The van der Waals surface area contributed by atoms with Gasteiger partial charge in [0.15, 0.2) is 9.84 Å². The molecule has 1 saturated carbocycles. The van der Waals surface area contributed by atoms with Gasteiger partial charge in [0.2, 0.25) is 0 Å². The molecule has 1 aromatic carbocycles. The highest BCUT2D eigenvalue weighted by atomic mass is 32.2. The Labute approximate surface area is 109 Å². The molecular formula is C13H20N2O2S. The number of nitrogens with two attached hydrogens (primary N) is 1. The van der Waals surface area contributed by atoms with Gasteiger partial charge in [-0.1, -0.05) is 12.1 Å². The Morgan fingerprint density at radius 1 is 1.33 bits per heavy atom. The molecule has 100 valence electrons. The minimum absolute atomic E-state index is 0.327. The van der Waals surface area contributed by atoms with Crippen LogP contribution in [0.2, 0.25) is 0 Å². The Bertz CT molecular complexity index is 522. The molecule has 4 nitrogen and oxygen atoms in total. The number of nitrogens with zero attached hydrogens (tertiary/aromatic N) is 1. The lowest BCUT2D eigenvalue weighted by molar-refractivity contribution is 0.271. The number of anilines is 1. The molecule has 0 unspecified atom stereocenters. The van der Waals surface area contributed by atoms with Crippen LogP contribution in [0.25, 0.3) is 0 Å². The quantitative estimate of drug-likeness (QED) is 0.893. The first kappa shape index (κ1) is 13.4. The van der Waals surface area contributed by atoms with Crippen LogP contribution in [0.4, 0.5) is 5.69 Å². The van der Waals surface area contributed by atoms with Crippen molar-refractivity contribution >= 4 is 15.5 Å². The summed E-state index contributed by atoms with van der Waals surface area (Å²) in [6.45, 7) is 0.861. The van der Waals surface area contributed by atoms with Gasteiger partial charge < -0.3 is 10.6 Å². The molecule has 0 aliphatic heterocycles. The van der Waals surface area contributed by atoms with Crippen molar-refractivity contribution in [1.82, 2.24) is 0 Å². The van der Waals surface area contributed by atoms with Gasteiger partial charge in [-0.25, -0.2) is 8.42 Å². The summed E-state index contributed by atoms with van der Waals surface area (Å²) in [6, 6.07) is 7.47. The zero-order valence-corrected chi connectivity index (χ0v) is 11.7. The van der Waals surface area contributed by atoms with Gasteiger partial charge in [0.25, 0.3) is 0 Å². The Kier molecular flexibility index (Phi) is 3.64. The van der Waals surface area contributed by atoms with Gasteiger partial charge in [0.1, 0.15) is 0 Å². The first-order valence-corrected chi connectivity index (χ1v) is 8.03. The molecular weight excluding hydrogens is 248 g/mol. The Hall–Kier alpha value is -1.07. The lowest BCUT2D eigenvalue weighted by Crippen LogP contribution is -2.42. The molecule has 2 N–H and O–H groups in total. The first-order chi connectivity index (χ1) is 8.38. The fourth-order valence-corrected chi connectivity index (χ4v) is 3.44. The fourth-order valence-electron chi connectivity index (χ4n) is 2.51. The Morgan fingerprint density at radius 2 is 1.94 bits per heavy atom. The minimum Gasteiger partial charge on any atom is -0.373 e. The number of para-hydroxylation sites is 1. The molecule has 0 bridgehead atoms. The van der Waals surface area contributed by atoms with Gasteiger partial charge in [-0.2, -0.15) is 0 Å². The van der Waals surface area contributed by atoms with E-state index in [2.05, 4.69) is 0 Å². The van der Waals surface area contributed by atoms with E-state index in [4.69, 9.17) is 5.73 Å². The van der Waals surface area contributed by atoms with Crippen LogP contribution in [-0.2, 0) is 9.84 Å². The predicted molar refractivity (Wildman–Crippen MR) is 73.5 cm³/mol. The zero-order chi connectivity index (χ0) is 13.3. The monoisotopic (exact) mass is 268 g/mol. The maximum absolute atomic E-state index is 11.7. The van der Waals surface area contributed by atoms with Crippen molar-refractivity contribution in [2.24, 2.45) is 11.7 Å². The van der Waals surface area contributed by atoms with E-state index >= 15 is 0 Å². The highest BCUT2D eigenvalue weighted by Crippen LogP contribution is 2.30. The van der Waals surface area contributed by atoms with Gasteiger partial charge in [-0.3, -0.25) is 0 Å². The van der Waals surface area contributed by atoms with E-state index in [0.29, 0.717) is 16.9 Å². The number of hydrogen-bond donors (Lipinski definition) is 1. The molecule has 0 aromatic heterocycles. The van der Waals surface area contributed by atoms with E-state index in [1.807, 2.05) is 24.1 Å². The van der Waals surface area contributed by atoms with Gasteiger partial charge in [0, 0.05) is 25.9 Å². The maximum Gasteiger partial charge on any atom is 0.177 e. The predicted octanol–water partition coefficient (Wildman–Crippen LogP) is 1.26. The van der Waals surface area contributed by atoms with Crippen molar-refractivity contribution in [3.63, 3.8) is 0 Å². The van der Waals surface area contributed by atoms with Crippen LogP contribution in [0.5, 0.6) is 0 Å². The maximum atomic E-state index is 11.7. The van der Waals surface area contributed by atoms with E-state index in [-0.39, 0.29) is 0 Å². The standard InChI is InChI=1S/C13H20N2O2S/c1-15(9-10-7-11(14)8-10)12-5-3-4-6-13(12)18(2,16)17/h3-6,10-11H,7-9,14H2,1-2H3. The summed E-state index contributed by atoms with van der Waals surface area (Å²) in [7, 11) is -1.24. The molecule has 0 radical (unpaired) electrons. The Morgan fingerprint density at radius 3 is 2.50 bits per heavy atom. The summed E-state index contributed by atoms with van der Waals surface area (Å²) in [5, 5.41) is 0. The van der Waals surface area contributed by atoms with E-state index in [9.17, 15) is 8.42 Å². The van der Waals surface area contributed by atoms with Gasteiger partial charge >= 0.3 is 0 Å². The third-order valence-electron chi connectivity index (χ3n) is 3.48. The second kappa shape index (κ2) is 4.90. The summed E-state index contributed by atoms with van der Waals surface area (Å²) in [4.78, 5) is 2.42. The molecule has 0 heterocycles. The number of rotatable bonds is 4. The molecule has 0 saturated heterocycles. The molecule has 2 rings (SSSR count). The molecule has 0 spiro atoms. The summed E-state index contributed by atoms with van der Waals surface area (Å²) >= 11 is 0. The van der Waals surface area contributed by atoms with Crippen molar-refractivity contribution in [1.29, 1.82) is 0 Å². The second-order valence-electron chi connectivity index (χ2n) is 5.22. The SMILES string of the molecule is CN(CC1CC(N)C1)c1ccccc1S(C)(=O)=O. The lowest BCUT2D eigenvalue weighted by Gasteiger charge is -2.36.